The van der Waals surface area contributed by atoms with E-state index in [0.29, 0.717) is 0 Å². The van der Waals surface area contributed by atoms with Crippen LogP contribution in [0.3, 0.4) is 0 Å². The molecule has 6 N–H and O–H groups in total. The van der Waals surface area contributed by atoms with Crippen molar-refractivity contribution < 1.29 is 59.9 Å². The minimum atomic E-state index is -4.59. The maximum Gasteiger partial charge on any atom is 0.526 e. The average Bonchev–Trinajstić information content (AvgIpc) is 2.28. The van der Waals surface area contributed by atoms with E-state index in [1.165, 1.54) is 6.92 Å². The molecule has 0 heterocycles. The SMILES string of the molecule is CCC(=O)O.CCC(=O)OP(=O)(O)O.O.O=[P+]([O-])OO.[HH]. The number of carbonyl (C=O) groups is 2. The van der Waals surface area contributed by atoms with Gasteiger partial charge in [0.25, 0.3) is 0 Å². The summed E-state index contributed by atoms with van der Waals surface area (Å²) >= 11 is 0. The van der Waals surface area contributed by atoms with Gasteiger partial charge in [-0.15, -0.1) is 0 Å². The van der Waals surface area contributed by atoms with Gasteiger partial charge in [-0.3, -0.25) is 19.4 Å². The number of phosphoric ester groups is 1. The van der Waals surface area contributed by atoms with Crippen molar-refractivity contribution in [1.29, 1.82) is 0 Å². The topological polar surface area (TPSA) is 222 Å². The van der Waals surface area contributed by atoms with Crippen LogP contribution in [0.4, 0.5) is 0 Å². The molecule has 0 fully saturated rings. The van der Waals surface area contributed by atoms with Gasteiger partial charge in [0.1, 0.15) is 0 Å². The van der Waals surface area contributed by atoms with Crippen molar-refractivity contribution in [2.75, 3.05) is 0 Å². The van der Waals surface area contributed by atoms with Gasteiger partial charge in [-0.25, -0.2) is 9.82 Å². The van der Waals surface area contributed by atoms with E-state index in [-0.39, 0.29) is 19.7 Å². The molecule has 0 aromatic rings. The Bertz CT molecular complexity index is 314. The van der Waals surface area contributed by atoms with Gasteiger partial charge in [0.15, 0.2) is 0 Å². The Kier molecular flexibility index (Phi) is 22.0. The number of carboxylic acid groups (broad SMARTS) is 1. The highest BCUT2D eigenvalue weighted by atomic mass is 31.2. The molecule has 0 aliphatic heterocycles. The van der Waals surface area contributed by atoms with Gasteiger partial charge in [-0.2, -0.15) is 0 Å². The molecule has 0 aromatic carbocycles. The van der Waals surface area contributed by atoms with Crippen molar-refractivity contribution in [2.45, 2.75) is 26.7 Å². The molecule has 0 saturated heterocycles. The van der Waals surface area contributed by atoms with Crippen LogP contribution in [-0.4, -0.2) is 37.6 Å². The number of aliphatic carboxylic acids is 1. The summed E-state index contributed by atoms with van der Waals surface area (Å²) in [5, 5.41) is 14.8. The van der Waals surface area contributed by atoms with Gasteiger partial charge < -0.3 is 20.0 Å². The molecule has 0 rings (SSSR count). The molecule has 0 radical (unpaired) electrons. The Morgan fingerprint density at radius 3 is 1.65 bits per heavy atom. The van der Waals surface area contributed by atoms with Crippen molar-refractivity contribution in [3.05, 3.63) is 0 Å². The number of hydrogen-bond donors (Lipinski definition) is 4. The van der Waals surface area contributed by atoms with Crippen LogP contribution < -0.4 is 4.89 Å². The molecule has 0 amide bonds. The van der Waals surface area contributed by atoms with E-state index in [2.05, 4.69) is 9.20 Å². The number of phosphoric acid groups is 1. The van der Waals surface area contributed by atoms with Crippen molar-refractivity contribution in [3.8, 4) is 0 Å². The fraction of sp³-hybridized carbons (Fsp3) is 0.667. The monoisotopic (exact) mass is 344 g/mol. The summed E-state index contributed by atoms with van der Waals surface area (Å²) in [5.41, 5.74) is 0. The molecular formula is C6H18O12P2. The predicted octanol–water partition coefficient (Wildman–Crippen LogP) is -0.572. The minimum Gasteiger partial charge on any atom is -0.565 e. The molecule has 20 heavy (non-hydrogen) atoms. The zero-order valence-electron chi connectivity index (χ0n) is 10.5. The summed E-state index contributed by atoms with van der Waals surface area (Å²) in [6.07, 6.45) is 0.186. The third-order valence-electron chi connectivity index (χ3n) is 0.879. The van der Waals surface area contributed by atoms with E-state index < -0.39 is 28.0 Å². The van der Waals surface area contributed by atoms with E-state index >= 15 is 0 Å². The van der Waals surface area contributed by atoms with Crippen LogP contribution in [0.1, 0.15) is 28.1 Å². The van der Waals surface area contributed by atoms with Crippen molar-refractivity contribution in [2.24, 2.45) is 0 Å². The van der Waals surface area contributed by atoms with Crippen LogP contribution in [-0.2, 0) is 27.9 Å². The van der Waals surface area contributed by atoms with Crippen LogP contribution >= 0.6 is 16.1 Å². The first-order valence-electron chi connectivity index (χ1n) is 4.45. The lowest BCUT2D eigenvalue weighted by atomic mass is 10.5. The second-order valence-electron chi connectivity index (χ2n) is 2.36. The molecule has 0 aromatic heterocycles. The van der Waals surface area contributed by atoms with Gasteiger partial charge in [0.2, 0.25) is 0 Å². The highest BCUT2D eigenvalue weighted by Crippen LogP contribution is 2.35. The summed E-state index contributed by atoms with van der Waals surface area (Å²) in [7, 11) is -7.63. The number of carboxylic acids is 1. The molecule has 0 saturated carbocycles. The first-order valence-corrected chi connectivity index (χ1v) is 7.08. The fourth-order valence-electron chi connectivity index (χ4n) is 0.197. The van der Waals surface area contributed by atoms with Crippen LogP contribution in [0.25, 0.3) is 0 Å². The second kappa shape index (κ2) is 16.1. The van der Waals surface area contributed by atoms with E-state index in [1.54, 1.807) is 6.92 Å². The van der Waals surface area contributed by atoms with Gasteiger partial charge in [0, 0.05) is 18.9 Å². The highest BCUT2D eigenvalue weighted by molar-refractivity contribution is 7.46. The maximum absolute atomic E-state index is 10.1. The zero-order chi connectivity index (χ0) is 16.1. The third kappa shape index (κ3) is 43.5. The van der Waals surface area contributed by atoms with Crippen molar-refractivity contribution in [3.63, 3.8) is 0 Å². The molecule has 1 unspecified atom stereocenters. The van der Waals surface area contributed by atoms with E-state index in [9.17, 15) is 14.2 Å². The van der Waals surface area contributed by atoms with Gasteiger partial charge in [0.05, 0.1) is 0 Å². The van der Waals surface area contributed by atoms with E-state index in [0.717, 1.165) is 0 Å². The Labute approximate surface area is 115 Å². The normalized spacial score (nSPS) is 9.60. The third-order valence-corrected chi connectivity index (χ3v) is 1.45. The Morgan fingerprint density at radius 2 is 1.60 bits per heavy atom. The molecule has 0 spiro atoms. The van der Waals surface area contributed by atoms with E-state index in [1.807, 2.05) is 0 Å². The quantitative estimate of drug-likeness (QED) is 0.287. The minimum absolute atomic E-state index is 0. The zero-order valence-corrected chi connectivity index (χ0v) is 12.2. The van der Waals surface area contributed by atoms with E-state index in [4.69, 9.17) is 29.6 Å². The molecule has 0 aliphatic rings. The predicted molar refractivity (Wildman–Crippen MR) is 63.4 cm³/mol. The van der Waals surface area contributed by atoms with Crippen LogP contribution in [0.15, 0.2) is 0 Å². The first-order chi connectivity index (χ1) is 8.49. The van der Waals surface area contributed by atoms with Crippen LogP contribution in [0, 0.1) is 0 Å². The smallest absolute Gasteiger partial charge is 0.526 e. The van der Waals surface area contributed by atoms with Crippen molar-refractivity contribution >= 4 is 28.0 Å². The first kappa shape index (κ1) is 27.4. The Balaban J connectivity index is -0.0000000622. The number of hydrogen-bond acceptors (Lipinski definition) is 8. The summed E-state index contributed by atoms with van der Waals surface area (Å²) in [6, 6.07) is 0. The van der Waals surface area contributed by atoms with Crippen LogP contribution in [0.2, 0.25) is 0 Å². The molecule has 0 bridgehead atoms. The molecule has 1 atom stereocenters. The highest BCUT2D eigenvalue weighted by Gasteiger charge is 2.18. The average molecular weight is 344 g/mol. The Morgan fingerprint density at radius 1 is 1.30 bits per heavy atom. The number of carbonyl (C=O) groups excluding carboxylic acids is 1. The molecule has 124 valence electrons. The largest absolute Gasteiger partial charge is 0.565 e. The summed E-state index contributed by atoms with van der Waals surface area (Å²) in [5.74, 6) is -1.65. The summed E-state index contributed by atoms with van der Waals surface area (Å²) in [6.45, 7) is 3.04. The second-order valence-corrected chi connectivity index (χ2v) is 4.13. The molecule has 14 heteroatoms. The molecular weight excluding hydrogens is 326 g/mol. The van der Waals surface area contributed by atoms with Gasteiger partial charge in [-0.05, 0) is 4.57 Å². The maximum atomic E-state index is 10.1. The van der Waals surface area contributed by atoms with Gasteiger partial charge >= 0.3 is 28.0 Å². The summed E-state index contributed by atoms with van der Waals surface area (Å²) in [4.78, 5) is 44.4. The standard InChI is InChI=1S/C3H7O5P.C3H6O2.HO4P.H2O.H2/c1-2-3(4)8-9(5,6)7;1-2-3(4)5;1-4-5(2)3;;/h2H2,1H3,(H2,5,6,7);2H2,1H3,(H,4,5);1H;1H2;1H. The van der Waals surface area contributed by atoms with Crippen LogP contribution in [0.5, 0.6) is 0 Å². The van der Waals surface area contributed by atoms with Gasteiger partial charge in [-0.1, -0.05) is 13.8 Å². The Hall–Kier alpha value is -0.970. The lowest BCUT2D eigenvalue weighted by Crippen LogP contribution is -1.98. The fourth-order valence-corrected chi connectivity index (χ4v) is 0.592. The lowest BCUT2D eigenvalue weighted by molar-refractivity contribution is -0.244. The summed E-state index contributed by atoms with van der Waals surface area (Å²) < 4.78 is 25.1. The lowest BCUT2D eigenvalue weighted by Gasteiger charge is -2.01. The van der Waals surface area contributed by atoms with Crippen molar-refractivity contribution in [1.82, 2.24) is 0 Å². The number of rotatable bonds is 4. The molecule has 0 aliphatic carbocycles. The molecule has 12 nitrogen and oxygen atoms in total.